The average molecular weight is 413 g/mol. The Balaban J connectivity index is 1.68. The first kappa shape index (κ1) is 17.6. The molecule has 1 heterocycles. The van der Waals surface area contributed by atoms with Gasteiger partial charge in [-0.1, -0.05) is 51.8 Å². The van der Waals surface area contributed by atoms with E-state index < -0.39 is 0 Å². The Morgan fingerprint density at radius 1 is 1.16 bits per heavy atom. The molecule has 0 fully saturated rings. The van der Waals surface area contributed by atoms with Crippen molar-refractivity contribution in [3.63, 3.8) is 0 Å². The Labute approximate surface area is 159 Å². The van der Waals surface area contributed by atoms with Gasteiger partial charge in [-0.15, -0.1) is 11.3 Å². The van der Waals surface area contributed by atoms with Crippen LogP contribution in [0.4, 0.5) is 5.13 Å². The summed E-state index contributed by atoms with van der Waals surface area (Å²) in [5, 5.41) is 5.38. The molecule has 3 rings (SSSR count). The van der Waals surface area contributed by atoms with Crippen LogP contribution < -0.4 is 5.32 Å². The number of hydrogen-bond donors (Lipinski definition) is 1. The number of halogens is 1. The molecule has 3 aromatic rings. The fraction of sp³-hybridized carbons (Fsp3) is 0.100. The molecule has 5 heteroatoms. The van der Waals surface area contributed by atoms with E-state index in [1.165, 1.54) is 28.5 Å². The fourth-order valence-electron chi connectivity index (χ4n) is 2.45. The number of carbonyl (C=O) groups excluding carboxylic acids is 1. The van der Waals surface area contributed by atoms with Crippen LogP contribution in [0.2, 0.25) is 0 Å². The monoisotopic (exact) mass is 412 g/mol. The Morgan fingerprint density at radius 3 is 2.64 bits per heavy atom. The quantitative estimate of drug-likeness (QED) is 0.546. The Bertz CT molecular complexity index is 929. The minimum atomic E-state index is -0.190. The first-order valence-electron chi connectivity index (χ1n) is 7.79. The van der Waals surface area contributed by atoms with Gasteiger partial charge in [-0.25, -0.2) is 4.98 Å². The molecule has 0 atom stereocenters. The number of nitrogens with zero attached hydrogens (tertiary/aromatic N) is 1. The minimum Gasteiger partial charge on any atom is -0.298 e. The first-order valence-corrected chi connectivity index (χ1v) is 9.46. The second kappa shape index (κ2) is 7.76. The zero-order chi connectivity index (χ0) is 17.8. The Hall–Kier alpha value is -2.24. The molecule has 0 radical (unpaired) electrons. The molecule has 25 heavy (non-hydrogen) atoms. The zero-order valence-corrected chi connectivity index (χ0v) is 16.3. The van der Waals surface area contributed by atoms with Gasteiger partial charge in [-0.3, -0.25) is 10.1 Å². The van der Waals surface area contributed by atoms with Gasteiger partial charge in [0.15, 0.2) is 5.13 Å². The minimum absolute atomic E-state index is 0.190. The van der Waals surface area contributed by atoms with E-state index in [-0.39, 0.29) is 5.91 Å². The lowest BCUT2D eigenvalue weighted by atomic mass is 10.0. The third-order valence-electron chi connectivity index (χ3n) is 3.69. The molecule has 0 aliphatic heterocycles. The van der Waals surface area contributed by atoms with Crippen molar-refractivity contribution >= 4 is 44.4 Å². The summed E-state index contributed by atoms with van der Waals surface area (Å²) in [5.74, 6) is -0.190. The third kappa shape index (κ3) is 4.65. The van der Waals surface area contributed by atoms with Crippen LogP contribution in [0, 0.1) is 13.8 Å². The van der Waals surface area contributed by atoms with Crippen molar-refractivity contribution in [1.82, 2.24) is 4.98 Å². The summed E-state index contributed by atoms with van der Waals surface area (Å²) in [7, 11) is 0. The molecule has 0 aliphatic carbocycles. The van der Waals surface area contributed by atoms with Crippen molar-refractivity contribution in [3.05, 3.63) is 75.1 Å². The average Bonchev–Trinajstić information content (AvgIpc) is 3.02. The van der Waals surface area contributed by atoms with E-state index >= 15 is 0 Å². The van der Waals surface area contributed by atoms with Crippen molar-refractivity contribution in [2.24, 2.45) is 0 Å². The van der Waals surface area contributed by atoms with Gasteiger partial charge in [0.1, 0.15) is 0 Å². The maximum Gasteiger partial charge on any atom is 0.250 e. The van der Waals surface area contributed by atoms with Crippen LogP contribution in [0.5, 0.6) is 0 Å². The maximum atomic E-state index is 12.1. The highest BCUT2D eigenvalue weighted by atomic mass is 79.9. The van der Waals surface area contributed by atoms with E-state index in [1.807, 2.05) is 29.6 Å². The molecule has 0 saturated heterocycles. The van der Waals surface area contributed by atoms with Crippen LogP contribution in [-0.4, -0.2) is 10.9 Å². The van der Waals surface area contributed by atoms with Gasteiger partial charge in [0, 0.05) is 21.5 Å². The van der Waals surface area contributed by atoms with Crippen molar-refractivity contribution < 1.29 is 4.79 Å². The summed E-state index contributed by atoms with van der Waals surface area (Å²) in [4.78, 5) is 16.6. The summed E-state index contributed by atoms with van der Waals surface area (Å²) in [6.45, 7) is 4.14. The lowest BCUT2D eigenvalue weighted by Crippen LogP contribution is -2.07. The Morgan fingerprint density at radius 2 is 1.92 bits per heavy atom. The Kier molecular flexibility index (Phi) is 5.46. The molecule has 0 aliphatic rings. The van der Waals surface area contributed by atoms with E-state index in [0.29, 0.717) is 5.13 Å². The number of nitrogens with one attached hydrogen (secondary N) is 1. The van der Waals surface area contributed by atoms with Crippen LogP contribution in [0.15, 0.2) is 58.4 Å². The van der Waals surface area contributed by atoms with E-state index in [2.05, 4.69) is 58.3 Å². The summed E-state index contributed by atoms with van der Waals surface area (Å²) in [6.07, 6.45) is 3.29. The lowest BCUT2D eigenvalue weighted by molar-refractivity contribution is -0.111. The molecule has 126 valence electrons. The van der Waals surface area contributed by atoms with E-state index in [1.54, 1.807) is 6.08 Å². The molecular weight excluding hydrogens is 396 g/mol. The number of anilines is 1. The molecule has 1 amide bonds. The van der Waals surface area contributed by atoms with Gasteiger partial charge in [0.2, 0.25) is 5.91 Å². The zero-order valence-electron chi connectivity index (χ0n) is 13.9. The summed E-state index contributed by atoms with van der Waals surface area (Å²) < 4.78 is 1.01. The van der Waals surface area contributed by atoms with Crippen LogP contribution in [0.25, 0.3) is 17.3 Å². The van der Waals surface area contributed by atoms with Gasteiger partial charge < -0.3 is 0 Å². The van der Waals surface area contributed by atoms with Gasteiger partial charge in [-0.05, 0) is 43.2 Å². The third-order valence-corrected chi connectivity index (χ3v) is 4.98. The molecule has 2 aromatic carbocycles. The van der Waals surface area contributed by atoms with Crippen LogP contribution in [0.3, 0.4) is 0 Å². The number of benzene rings is 2. The SMILES string of the molecule is Cc1ccc(-c2csc(NC(=O)C=Cc3ccc(Br)cc3)n2)c(C)c1. The number of hydrogen-bond acceptors (Lipinski definition) is 3. The molecule has 0 bridgehead atoms. The first-order chi connectivity index (χ1) is 12.0. The van der Waals surface area contributed by atoms with E-state index in [0.717, 1.165) is 21.3 Å². The molecular formula is C20H17BrN2OS. The van der Waals surface area contributed by atoms with Gasteiger partial charge in [0.05, 0.1) is 5.69 Å². The highest BCUT2D eigenvalue weighted by Gasteiger charge is 2.08. The van der Waals surface area contributed by atoms with E-state index in [4.69, 9.17) is 0 Å². The number of aromatic nitrogens is 1. The van der Waals surface area contributed by atoms with Gasteiger partial charge in [-0.2, -0.15) is 0 Å². The highest BCUT2D eigenvalue weighted by molar-refractivity contribution is 9.10. The van der Waals surface area contributed by atoms with Gasteiger partial charge >= 0.3 is 0 Å². The van der Waals surface area contributed by atoms with Crippen molar-refractivity contribution in [3.8, 4) is 11.3 Å². The number of aryl methyl sites for hydroxylation is 2. The number of thiazole rings is 1. The molecule has 0 saturated carbocycles. The standard InChI is InChI=1S/C20H17BrN2OS/c1-13-3-9-17(14(2)11-13)18-12-25-20(22-18)23-19(24)10-6-15-4-7-16(21)8-5-15/h3-12H,1-2H3,(H,22,23,24). The highest BCUT2D eigenvalue weighted by Crippen LogP contribution is 2.28. The van der Waals surface area contributed by atoms with Gasteiger partial charge in [0.25, 0.3) is 0 Å². The number of carbonyl (C=O) groups is 1. The van der Waals surface area contributed by atoms with Crippen molar-refractivity contribution in [2.45, 2.75) is 13.8 Å². The van der Waals surface area contributed by atoms with Crippen LogP contribution in [-0.2, 0) is 4.79 Å². The number of rotatable bonds is 4. The summed E-state index contributed by atoms with van der Waals surface area (Å²) >= 11 is 4.82. The molecule has 1 N–H and O–H groups in total. The van der Waals surface area contributed by atoms with Crippen LogP contribution in [0.1, 0.15) is 16.7 Å². The summed E-state index contributed by atoms with van der Waals surface area (Å²) in [6, 6.07) is 14.0. The van der Waals surface area contributed by atoms with E-state index in [9.17, 15) is 4.79 Å². The smallest absolute Gasteiger partial charge is 0.250 e. The maximum absolute atomic E-state index is 12.1. The predicted molar refractivity (Wildman–Crippen MR) is 109 cm³/mol. The number of amides is 1. The molecule has 0 unspecified atom stereocenters. The molecule has 0 spiro atoms. The van der Waals surface area contributed by atoms with Crippen LogP contribution >= 0.6 is 27.3 Å². The largest absolute Gasteiger partial charge is 0.298 e. The van der Waals surface area contributed by atoms with Crippen molar-refractivity contribution in [1.29, 1.82) is 0 Å². The second-order valence-corrected chi connectivity index (χ2v) is 7.50. The topological polar surface area (TPSA) is 42.0 Å². The second-order valence-electron chi connectivity index (χ2n) is 5.73. The predicted octanol–water partition coefficient (Wildman–Crippen LogP) is 5.84. The lowest BCUT2D eigenvalue weighted by Gasteiger charge is -2.03. The summed E-state index contributed by atoms with van der Waals surface area (Å²) in [5.41, 5.74) is 5.34. The normalized spacial score (nSPS) is 11.0. The molecule has 3 nitrogen and oxygen atoms in total. The molecule has 1 aromatic heterocycles. The fourth-order valence-corrected chi connectivity index (χ4v) is 3.43. The van der Waals surface area contributed by atoms with Crippen molar-refractivity contribution in [2.75, 3.05) is 5.32 Å².